The van der Waals surface area contributed by atoms with Crippen molar-refractivity contribution in [2.75, 3.05) is 19.0 Å². The minimum absolute atomic E-state index is 0.179. The number of H-pyrrole nitrogens is 1. The molecule has 1 aromatic carbocycles. The summed E-state index contributed by atoms with van der Waals surface area (Å²) in [4.78, 5) is 15.3. The molecule has 0 radical (unpaired) electrons. The zero-order chi connectivity index (χ0) is 18.5. The monoisotopic (exact) mass is 355 g/mol. The van der Waals surface area contributed by atoms with Gasteiger partial charge in [-0.25, -0.2) is 4.68 Å². The van der Waals surface area contributed by atoms with Gasteiger partial charge in [0.2, 0.25) is 0 Å². The van der Waals surface area contributed by atoms with Crippen LogP contribution in [0.4, 0.5) is 5.82 Å². The first-order chi connectivity index (χ1) is 12.6. The number of hydrogen-bond acceptors (Lipinski definition) is 5. The molecule has 0 aliphatic heterocycles. The summed E-state index contributed by atoms with van der Waals surface area (Å²) in [7, 11) is 1.68. The Morgan fingerprint density at radius 2 is 2.04 bits per heavy atom. The zero-order valence-corrected chi connectivity index (χ0v) is 15.5. The minimum atomic E-state index is -0.179. The average Bonchev–Trinajstić information content (AvgIpc) is 3.03. The number of ether oxygens (including phenoxy) is 1. The second-order valence-electron chi connectivity index (χ2n) is 6.53. The van der Waals surface area contributed by atoms with Crippen LogP contribution >= 0.6 is 0 Å². The maximum Gasteiger partial charge on any atom is 0.277 e. The summed E-state index contributed by atoms with van der Waals surface area (Å²) in [6.45, 7) is 6.18. The first kappa shape index (κ1) is 18.1. The predicted molar refractivity (Wildman–Crippen MR) is 103 cm³/mol. The van der Waals surface area contributed by atoms with E-state index in [1.807, 2.05) is 6.07 Å². The lowest BCUT2D eigenvalue weighted by Gasteiger charge is -2.08. The number of nitrogens with one attached hydrogen (secondary N) is 2. The highest BCUT2D eigenvalue weighted by Crippen LogP contribution is 2.14. The van der Waals surface area contributed by atoms with Crippen LogP contribution in [0.3, 0.4) is 0 Å². The Morgan fingerprint density at radius 1 is 1.19 bits per heavy atom. The Kier molecular flexibility index (Phi) is 5.68. The van der Waals surface area contributed by atoms with Gasteiger partial charge in [0.15, 0.2) is 5.52 Å². The van der Waals surface area contributed by atoms with Gasteiger partial charge in [-0.3, -0.25) is 4.79 Å². The Balaban J connectivity index is 1.72. The maximum absolute atomic E-state index is 12.5. The molecule has 2 heterocycles. The Labute approximate surface area is 152 Å². The normalized spacial score (nSPS) is 11.2. The molecule has 3 aromatic rings. The molecule has 3 rings (SSSR count). The van der Waals surface area contributed by atoms with Crippen LogP contribution in [-0.4, -0.2) is 33.7 Å². The standard InChI is InChI=1S/C19H25N5O2/c1-13-6-7-15(10-14(13)2)12-20-17-11-16-18(19(25)21-17)24(23-22-16)8-4-5-9-26-3/h6-7,10-11H,4-5,8-9,12H2,1-3H3,(H2,20,21,25). The number of hydrogen-bond donors (Lipinski definition) is 2. The number of anilines is 1. The fourth-order valence-electron chi connectivity index (χ4n) is 2.88. The van der Waals surface area contributed by atoms with Crippen LogP contribution in [0, 0.1) is 13.8 Å². The highest BCUT2D eigenvalue weighted by molar-refractivity contribution is 5.76. The molecule has 0 aliphatic carbocycles. The van der Waals surface area contributed by atoms with Gasteiger partial charge in [-0.05, 0) is 43.4 Å². The van der Waals surface area contributed by atoms with Crippen LogP contribution < -0.4 is 10.9 Å². The summed E-state index contributed by atoms with van der Waals surface area (Å²) < 4.78 is 6.71. The molecular weight excluding hydrogens is 330 g/mol. The first-order valence-corrected chi connectivity index (χ1v) is 8.84. The van der Waals surface area contributed by atoms with E-state index in [-0.39, 0.29) is 5.56 Å². The minimum Gasteiger partial charge on any atom is -0.385 e. The molecule has 0 saturated heterocycles. The number of pyridine rings is 1. The van der Waals surface area contributed by atoms with E-state index in [4.69, 9.17) is 4.74 Å². The summed E-state index contributed by atoms with van der Waals surface area (Å²) >= 11 is 0. The molecule has 0 bridgehead atoms. The van der Waals surface area contributed by atoms with E-state index in [1.165, 1.54) is 11.1 Å². The lowest BCUT2D eigenvalue weighted by Crippen LogP contribution is -2.15. The van der Waals surface area contributed by atoms with E-state index in [9.17, 15) is 4.79 Å². The van der Waals surface area contributed by atoms with Gasteiger partial charge in [0.05, 0.1) is 0 Å². The van der Waals surface area contributed by atoms with Crippen molar-refractivity contribution in [3.05, 3.63) is 51.3 Å². The Hall–Kier alpha value is -2.67. The van der Waals surface area contributed by atoms with Gasteiger partial charge in [-0.15, -0.1) is 5.10 Å². The number of fused-ring (bicyclic) bond motifs is 1. The van der Waals surface area contributed by atoms with Gasteiger partial charge in [0.1, 0.15) is 11.3 Å². The Bertz CT molecular complexity index is 945. The number of benzene rings is 1. The summed E-state index contributed by atoms with van der Waals surface area (Å²) in [5.74, 6) is 0.646. The fraction of sp³-hybridized carbons (Fsp3) is 0.421. The quantitative estimate of drug-likeness (QED) is 0.607. The summed E-state index contributed by atoms with van der Waals surface area (Å²) in [5.41, 5.74) is 4.62. The highest BCUT2D eigenvalue weighted by Gasteiger charge is 2.10. The van der Waals surface area contributed by atoms with Crippen molar-refractivity contribution in [1.82, 2.24) is 20.0 Å². The molecule has 0 spiro atoms. The van der Waals surface area contributed by atoms with E-state index < -0.39 is 0 Å². The lowest BCUT2D eigenvalue weighted by atomic mass is 10.1. The molecule has 0 aliphatic rings. The molecule has 0 atom stereocenters. The first-order valence-electron chi connectivity index (χ1n) is 8.84. The topological polar surface area (TPSA) is 84.8 Å². The number of aryl methyl sites for hydroxylation is 3. The van der Waals surface area contributed by atoms with Crippen molar-refractivity contribution >= 4 is 16.9 Å². The van der Waals surface area contributed by atoms with E-state index in [2.05, 4.69) is 52.7 Å². The summed E-state index contributed by atoms with van der Waals surface area (Å²) in [5, 5.41) is 11.5. The van der Waals surface area contributed by atoms with Crippen LogP contribution in [0.1, 0.15) is 29.5 Å². The van der Waals surface area contributed by atoms with Gasteiger partial charge in [0.25, 0.3) is 5.56 Å². The van der Waals surface area contributed by atoms with E-state index in [1.54, 1.807) is 11.8 Å². The smallest absolute Gasteiger partial charge is 0.277 e. The predicted octanol–water partition coefficient (Wildman–Crippen LogP) is 2.78. The third-order valence-corrected chi connectivity index (χ3v) is 4.53. The van der Waals surface area contributed by atoms with E-state index >= 15 is 0 Å². The fourth-order valence-corrected chi connectivity index (χ4v) is 2.88. The molecule has 7 nitrogen and oxygen atoms in total. The molecule has 0 fully saturated rings. The van der Waals surface area contributed by atoms with Crippen molar-refractivity contribution in [3.8, 4) is 0 Å². The van der Waals surface area contributed by atoms with Crippen molar-refractivity contribution in [2.24, 2.45) is 0 Å². The van der Waals surface area contributed by atoms with Crippen molar-refractivity contribution in [2.45, 2.75) is 39.8 Å². The molecule has 2 aromatic heterocycles. The van der Waals surface area contributed by atoms with Gasteiger partial charge in [-0.2, -0.15) is 0 Å². The van der Waals surface area contributed by atoms with Crippen molar-refractivity contribution < 1.29 is 4.74 Å². The number of methoxy groups -OCH3 is 1. The largest absolute Gasteiger partial charge is 0.385 e. The van der Waals surface area contributed by atoms with Crippen LogP contribution in [0.15, 0.2) is 29.1 Å². The second-order valence-corrected chi connectivity index (χ2v) is 6.53. The van der Waals surface area contributed by atoms with E-state index in [0.29, 0.717) is 36.5 Å². The SMILES string of the molecule is COCCCCn1nnc2cc(NCc3ccc(C)c(C)c3)[nH]c(=O)c21. The van der Waals surface area contributed by atoms with Crippen LogP contribution in [-0.2, 0) is 17.8 Å². The maximum atomic E-state index is 12.5. The molecular formula is C19H25N5O2. The summed E-state index contributed by atoms with van der Waals surface area (Å²) in [6.07, 6.45) is 1.81. The number of aromatic amines is 1. The average molecular weight is 355 g/mol. The van der Waals surface area contributed by atoms with Gasteiger partial charge in [0, 0.05) is 32.9 Å². The van der Waals surface area contributed by atoms with Gasteiger partial charge >= 0.3 is 0 Å². The third-order valence-electron chi connectivity index (χ3n) is 4.53. The molecule has 138 valence electrons. The van der Waals surface area contributed by atoms with Crippen LogP contribution in [0.2, 0.25) is 0 Å². The van der Waals surface area contributed by atoms with Gasteiger partial charge in [-0.1, -0.05) is 23.4 Å². The summed E-state index contributed by atoms with van der Waals surface area (Å²) in [6, 6.07) is 8.17. The Morgan fingerprint density at radius 3 is 2.81 bits per heavy atom. The molecule has 0 amide bonds. The third kappa shape index (κ3) is 4.11. The van der Waals surface area contributed by atoms with Crippen molar-refractivity contribution in [1.29, 1.82) is 0 Å². The van der Waals surface area contributed by atoms with Crippen molar-refractivity contribution in [3.63, 3.8) is 0 Å². The number of unbranched alkanes of at least 4 members (excludes halogenated alkanes) is 1. The molecule has 2 N–H and O–H groups in total. The number of nitrogens with zero attached hydrogens (tertiary/aromatic N) is 3. The molecule has 0 saturated carbocycles. The second kappa shape index (κ2) is 8.14. The van der Waals surface area contributed by atoms with Gasteiger partial charge < -0.3 is 15.0 Å². The molecule has 7 heteroatoms. The highest BCUT2D eigenvalue weighted by atomic mass is 16.5. The molecule has 26 heavy (non-hydrogen) atoms. The van der Waals surface area contributed by atoms with Crippen LogP contribution in [0.25, 0.3) is 11.0 Å². The van der Waals surface area contributed by atoms with E-state index in [0.717, 1.165) is 18.4 Å². The number of rotatable bonds is 8. The number of aromatic nitrogens is 4. The lowest BCUT2D eigenvalue weighted by molar-refractivity contribution is 0.191. The zero-order valence-electron chi connectivity index (χ0n) is 15.5. The van der Waals surface area contributed by atoms with Crippen LogP contribution in [0.5, 0.6) is 0 Å². The molecule has 0 unspecified atom stereocenters.